The van der Waals surface area contributed by atoms with E-state index in [1.54, 1.807) is 24.3 Å². The van der Waals surface area contributed by atoms with Crippen molar-refractivity contribution in [3.63, 3.8) is 0 Å². The predicted octanol–water partition coefficient (Wildman–Crippen LogP) is 8.19. The van der Waals surface area contributed by atoms with Gasteiger partial charge >= 0.3 is 5.97 Å². The Morgan fingerprint density at radius 1 is 0.893 bits per heavy atom. The number of fused-ring (bicyclic) bond motifs is 1. The van der Waals surface area contributed by atoms with Gasteiger partial charge in [0.2, 0.25) is 0 Å². The zero-order valence-corrected chi connectivity index (χ0v) is 33.8. The first-order chi connectivity index (χ1) is 26.1. The third kappa shape index (κ3) is 10.9. The summed E-state index contributed by atoms with van der Waals surface area (Å²) in [5, 5.41) is 20.1. The molecule has 1 aliphatic rings. The highest BCUT2D eigenvalue weighted by molar-refractivity contribution is 7.86. The molecule has 0 saturated carbocycles. The second-order valence-corrected chi connectivity index (χ2v) is 17.6. The second kappa shape index (κ2) is 17.9. The van der Waals surface area contributed by atoms with Crippen LogP contribution in [0.25, 0.3) is 0 Å². The van der Waals surface area contributed by atoms with Crippen LogP contribution in [-0.4, -0.2) is 60.7 Å². The molecule has 0 radical (unpaired) electrons. The minimum Gasteiger partial charge on any atom is -0.481 e. The fraction of sp³-hybridized carbons (Fsp3) is 0.366. The van der Waals surface area contributed by atoms with Crippen LogP contribution in [0.5, 0.6) is 0 Å². The topological polar surface area (TPSA) is 205 Å². The number of rotatable bonds is 18. The van der Waals surface area contributed by atoms with E-state index in [4.69, 9.17) is 10.1 Å². The number of anilines is 1. The number of aliphatic imine (C=N–C) groups is 1. The summed E-state index contributed by atoms with van der Waals surface area (Å²) in [6.07, 6.45) is 12.5. The van der Waals surface area contributed by atoms with Crippen molar-refractivity contribution in [1.82, 2.24) is 0 Å². The first kappa shape index (κ1) is 43.8. The number of nitro groups is 1. The van der Waals surface area contributed by atoms with Crippen LogP contribution in [0.1, 0.15) is 82.1 Å². The number of carboxylic acids is 1. The van der Waals surface area contributed by atoms with E-state index in [1.807, 2.05) is 65.0 Å². The molecule has 0 bridgehead atoms. The molecule has 3 N–H and O–H groups in total. The van der Waals surface area contributed by atoms with Gasteiger partial charge in [-0.2, -0.15) is 16.8 Å². The van der Waals surface area contributed by atoms with E-state index in [0.29, 0.717) is 56.5 Å². The third-order valence-corrected chi connectivity index (χ3v) is 11.7. The van der Waals surface area contributed by atoms with Crippen molar-refractivity contribution in [2.45, 2.75) is 93.8 Å². The van der Waals surface area contributed by atoms with Crippen LogP contribution in [0, 0.1) is 17.0 Å². The minimum atomic E-state index is -4.46. The number of hydrogen-bond acceptors (Lipinski definition) is 9. The van der Waals surface area contributed by atoms with Gasteiger partial charge in [-0.25, -0.2) is 0 Å². The van der Waals surface area contributed by atoms with E-state index >= 15 is 0 Å². The minimum absolute atomic E-state index is 0.0140. The number of benzene rings is 3. The van der Waals surface area contributed by atoms with Crippen molar-refractivity contribution in [3.8, 4) is 0 Å². The molecule has 1 heterocycles. The third-order valence-electron chi connectivity index (χ3n) is 10.0. The highest BCUT2D eigenvalue weighted by atomic mass is 32.2. The number of non-ortho nitro benzene ring substituents is 1. The number of unbranched alkanes of at least 4 members (excludes halogenated alkanes) is 2. The molecule has 56 heavy (non-hydrogen) atoms. The Kier molecular flexibility index (Phi) is 14.0. The molecule has 0 saturated heterocycles. The number of carbonyl (C=O) groups is 1. The summed E-state index contributed by atoms with van der Waals surface area (Å²) < 4.78 is 67.7. The van der Waals surface area contributed by atoms with Crippen LogP contribution < -0.4 is 4.90 Å². The fourth-order valence-corrected chi connectivity index (χ4v) is 7.95. The molecule has 0 aromatic heterocycles. The summed E-state index contributed by atoms with van der Waals surface area (Å²) in [4.78, 5) is 28.2. The lowest BCUT2D eigenvalue weighted by atomic mass is 9.77. The van der Waals surface area contributed by atoms with Crippen molar-refractivity contribution >= 4 is 43.3 Å². The Labute approximate surface area is 328 Å². The van der Waals surface area contributed by atoms with Crippen LogP contribution in [0.15, 0.2) is 112 Å². The quantitative estimate of drug-likeness (QED) is 0.0279. The molecule has 3 aromatic rings. The van der Waals surface area contributed by atoms with Gasteiger partial charge in [0.1, 0.15) is 0 Å². The van der Waals surface area contributed by atoms with Crippen molar-refractivity contribution < 1.29 is 40.8 Å². The number of hydrogen-bond donors (Lipinski definition) is 3. The highest BCUT2D eigenvalue weighted by Gasteiger charge is 2.40. The summed E-state index contributed by atoms with van der Waals surface area (Å²) in [6.45, 7) is 10.6. The van der Waals surface area contributed by atoms with Crippen LogP contribution in [0.4, 0.5) is 11.4 Å². The molecule has 3 aromatic carbocycles. The van der Waals surface area contributed by atoms with Crippen LogP contribution in [0.2, 0.25) is 0 Å². The molecule has 0 spiro atoms. The molecule has 0 aliphatic carbocycles. The van der Waals surface area contributed by atoms with E-state index < -0.39 is 42.0 Å². The van der Waals surface area contributed by atoms with Crippen LogP contribution in [-0.2, 0) is 42.3 Å². The van der Waals surface area contributed by atoms with Gasteiger partial charge in [0.25, 0.3) is 25.9 Å². The Morgan fingerprint density at radius 2 is 1.54 bits per heavy atom. The second-order valence-electron chi connectivity index (χ2n) is 14.8. The van der Waals surface area contributed by atoms with Crippen LogP contribution >= 0.6 is 0 Å². The number of allylic oxidation sites excluding steroid dienone is 6. The zero-order chi connectivity index (χ0) is 41.5. The predicted molar refractivity (Wildman–Crippen MR) is 217 cm³/mol. The molecular formula is C41H49N3O10S2. The molecule has 0 fully saturated rings. The average molecular weight is 808 g/mol. The summed E-state index contributed by atoms with van der Waals surface area (Å²) in [7, 11) is -8.90. The van der Waals surface area contributed by atoms with E-state index in [1.165, 1.54) is 36.4 Å². The summed E-state index contributed by atoms with van der Waals surface area (Å²) in [5.74, 6) is -0.852. The molecule has 4 rings (SSSR count). The smallest absolute Gasteiger partial charge is 0.303 e. The first-order valence-corrected chi connectivity index (χ1v) is 21.1. The first-order valence-electron chi connectivity index (χ1n) is 18.2. The van der Waals surface area contributed by atoms with Gasteiger partial charge in [-0.3, -0.25) is 29.0 Å². The van der Waals surface area contributed by atoms with E-state index in [0.717, 1.165) is 28.1 Å². The van der Waals surface area contributed by atoms with E-state index in [2.05, 4.69) is 4.90 Å². The fourth-order valence-electron chi connectivity index (χ4n) is 6.93. The maximum atomic E-state index is 12.1. The molecule has 0 unspecified atom stereocenters. The van der Waals surface area contributed by atoms with Crippen molar-refractivity contribution in [3.05, 3.63) is 129 Å². The molecule has 0 amide bonds. The molecule has 1 aliphatic heterocycles. The monoisotopic (exact) mass is 807 g/mol. The lowest BCUT2D eigenvalue weighted by Gasteiger charge is -2.28. The molecule has 300 valence electrons. The van der Waals surface area contributed by atoms with Gasteiger partial charge in [-0.1, -0.05) is 70.5 Å². The normalized spacial score (nSPS) is 15.6. The molecule has 0 atom stereocenters. The number of aryl methyl sites for hydroxylation is 2. The van der Waals surface area contributed by atoms with Gasteiger partial charge in [0, 0.05) is 59.6 Å². The van der Waals surface area contributed by atoms with E-state index in [9.17, 15) is 40.8 Å². The maximum absolute atomic E-state index is 12.1. The van der Waals surface area contributed by atoms with Crippen LogP contribution in [0.3, 0.4) is 0 Å². The maximum Gasteiger partial charge on any atom is 0.303 e. The van der Waals surface area contributed by atoms with Gasteiger partial charge < -0.3 is 10.0 Å². The van der Waals surface area contributed by atoms with Gasteiger partial charge in [-0.15, -0.1) is 0 Å². The number of carboxylic acid groups (broad SMARTS) is 1. The lowest BCUT2D eigenvalue weighted by Crippen LogP contribution is -2.29. The summed E-state index contributed by atoms with van der Waals surface area (Å²) in [5.41, 5.74) is 3.98. The summed E-state index contributed by atoms with van der Waals surface area (Å²) >= 11 is 0. The highest BCUT2D eigenvalue weighted by Crippen LogP contribution is 2.48. The Bertz CT molecular complexity index is 2290. The SMILES string of the molecule is Cc1ccc(S(=O)(=O)O)cc1C(C)(C)C(/C=C/C=C/C=C1/N(CCCCCC(=O)O)c2ccc(S(=O)(=O)O)cc2C1(C)C)=NCCCc1ccc([N+](=O)[O-])cc1. The Morgan fingerprint density at radius 3 is 2.16 bits per heavy atom. The van der Waals surface area contributed by atoms with Gasteiger partial charge in [-0.05, 0) is 97.3 Å². The molecular weight excluding hydrogens is 759 g/mol. The Hall–Kier alpha value is -4.96. The number of nitro benzene ring substituents is 1. The van der Waals surface area contributed by atoms with Gasteiger partial charge in [0.15, 0.2) is 0 Å². The largest absolute Gasteiger partial charge is 0.481 e. The Balaban J connectivity index is 1.66. The summed E-state index contributed by atoms with van der Waals surface area (Å²) in [6, 6.07) is 15.3. The van der Waals surface area contributed by atoms with Crippen molar-refractivity contribution in [2.75, 3.05) is 18.0 Å². The number of nitrogens with zero attached hydrogens (tertiary/aromatic N) is 3. The molecule has 15 heteroatoms. The zero-order valence-electron chi connectivity index (χ0n) is 32.2. The van der Waals surface area contributed by atoms with Crippen molar-refractivity contribution in [1.29, 1.82) is 0 Å². The van der Waals surface area contributed by atoms with Crippen molar-refractivity contribution in [2.24, 2.45) is 4.99 Å². The standard InChI is InChI=1S/C41H49N3O10S2/c1-29-17-22-32(55(49,50)51)27-34(29)40(2,3)37(42-25-12-13-30-18-20-31(21-19-30)44(47)48)14-8-6-9-15-38-41(4,5)35-28-33(56(52,53)54)23-24-36(35)43(38)26-11-7-10-16-39(45)46/h6,8-9,14-15,17-24,27-28H,7,10-13,16,25-26H2,1-5H3,(H,45,46)(H,49,50,51)(H,52,53,54)/b9-6+,14-8+,38-15+,42-37?. The van der Waals surface area contributed by atoms with E-state index in [-0.39, 0.29) is 21.9 Å². The lowest BCUT2D eigenvalue weighted by molar-refractivity contribution is -0.384. The van der Waals surface area contributed by atoms with Gasteiger partial charge in [0.05, 0.1) is 14.7 Å². The average Bonchev–Trinajstić information content (AvgIpc) is 3.32. The molecule has 13 nitrogen and oxygen atoms in total. The number of aliphatic carboxylic acids is 1.